The van der Waals surface area contributed by atoms with Crippen molar-refractivity contribution < 1.29 is 0 Å². The zero-order valence-corrected chi connectivity index (χ0v) is 47.3. The van der Waals surface area contributed by atoms with Crippen LogP contribution in [0.3, 0.4) is 0 Å². The molecule has 0 N–H and O–H groups in total. The van der Waals surface area contributed by atoms with Gasteiger partial charge in [0.1, 0.15) is 0 Å². The van der Waals surface area contributed by atoms with Crippen molar-refractivity contribution in [2.24, 2.45) is 0 Å². The van der Waals surface area contributed by atoms with Gasteiger partial charge in [-0.2, -0.15) is 0 Å². The van der Waals surface area contributed by atoms with Gasteiger partial charge in [0.05, 0.1) is 55.9 Å². The number of benzene rings is 12. The fraction of sp³-hybridized carbons (Fsp3) is 0. The number of para-hydroxylation sites is 5. The van der Waals surface area contributed by atoms with E-state index in [1.54, 1.807) is 0 Å². The summed E-state index contributed by atoms with van der Waals surface area (Å²) >= 11 is 0. The molecule has 5 nitrogen and oxygen atoms in total. The smallest absolute Gasteiger partial charge is 0.0715 e. The third-order valence-corrected chi connectivity index (χ3v) is 17.4. The van der Waals surface area contributed by atoms with Crippen LogP contribution in [0.5, 0.6) is 0 Å². The van der Waals surface area contributed by atoms with Crippen LogP contribution in [0.15, 0.2) is 322 Å². The number of fused-ring (bicyclic) bond motifs is 9. The molecule has 12 aromatic carbocycles. The van der Waals surface area contributed by atoms with E-state index in [1.807, 2.05) is 0 Å². The summed E-state index contributed by atoms with van der Waals surface area (Å²) in [4.78, 5) is 10.7. The molecule has 0 aliphatic heterocycles. The minimum atomic E-state index is 0.914. The van der Waals surface area contributed by atoms with Crippen LogP contribution in [0.25, 0.3) is 161 Å². The van der Waals surface area contributed by atoms with Gasteiger partial charge in [-0.05, 0) is 137 Å². The van der Waals surface area contributed by atoms with Crippen LogP contribution in [0.4, 0.5) is 0 Å². The second-order valence-electron chi connectivity index (χ2n) is 22.5. The first kappa shape index (κ1) is 49.9. The Bertz CT molecular complexity index is 5340. The van der Waals surface area contributed by atoms with Gasteiger partial charge in [-0.25, -0.2) is 9.97 Å². The molecule has 0 amide bonds. The molecule has 0 saturated heterocycles. The molecular formula is C82H53N5. The summed E-state index contributed by atoms with van der Waals surface area (Å²) in [6.07, 6.45) is 0. The highest BCUT2D eigenvalue weighted by molar-refractivity contribution is 6.12. The maximum Gasteiger partial charge on any atom is 0.0715 e. The Balaban J connectivity index is 0.804. The highest BCUT2D eigenvalue weighted by Crippen LogP contribution is 2.42. The minimum absolute atomic E-state index is 0.914. The lowest BCUT2D eigenvalue weighted by Crippen LogP contribution is -2.00. The second-order valence-corrected chi connectivity index (χ2v) is 22.5. The molecule has 406 valence electrons. The van der Waals surface area contributed by atoms with Gasteiger partial charge in [0, 0.05) is 71.6 Å². The van der Waals surface area contributed by atoms with Crippen LogP contribution < -0.4 is 0 Å². The van der Waals surface area contributed by atoms with E-state index in [9.17, 15) is 0 Å². The largest absolute Gasteiger partial charge is 0.309 e. The Hall–Kier alpha value is -11.7. The van der Waals surface area contributed by atoms with Crippen LogP contribution in [0.1, 0.15) is 0 Å². The molecule has 0 aliphatic rings. The fourth-order valence-corrected chi connectivity index (χ4v) is 13.3. The van der Waals surface area contributed by atoms with E-state index in [0.717, 1.165) is 118 Å². The summed E-state index contributed by atoms with van der Waals surface area (Å²) in [6.45, 7) is 0. The predicted octanol–water partition coefficient (Wildman–Crippen LogP) is 21.4. The first-order valence-electron chi connectivity index (χ1n) is 29.7. The van der Waals surface area contributed by atoms with Crippen LogP contribution in [0.2, 0.25) is 0 Å². The number of hydrogen-bond acceptors (Lipinski definition) is 2. The number of aromatic nitrogens is 5. The monoisotopic (exact) mass is 1110 g/mol. The number of nitrogens with zero attached hydrogens (tertiary/aromatic N) is 5. The topological polar surface area (TPSA) is 40.6 Å². The van der Waals surface area contributed by atoms with E-state index < -0.39 is 0 Å². The van der Waals surface area contributed by atoms with Crippen molar-refractivity contribution >= 4 is 65.4 Å². The zero-order chi connectivity index (χ0) is 57.4. The van der Waals surface area contributed by atoms with E-state index in [-0.39, 0.29) is 0 Å². The van der Waals surface area contributed by atoms with E-state index in [2.05, 4.69) is 335 Å². The van der Waals surface area contributed by atoms with E-state index >= 15 is 0 Å². The van der Waals surface area contributed by atoms with Crippen molar-refractivity contribution in [3.05, 3.63) is 322 Å². The summed E-state index contributed by atoms with van der Waals surface area (Å²) in [5.74, 6) is 0. The molecule has 5 heterocycles. The van der Waals surface area contributed by atoms with Gasteiger partial charge in [-0.3, -0.25) is 0 Å². The summed E-state index contributed by atoms with van der Waals surface area (Å²) < 4.78 is 7.26. The molecule has 0 spiro atoms. The van der Waals surface area contributed by atoms with Gasteiger partial charge < -0.3 is 13.7 Å². The first-order chi connectivity index (χ1) is 43.1. The molecule has 17 aromatic rings. The Morgan fingerprint density at radius 3 is 0.920 bits per heavy atom. The molecule has 0 aliphatic carbocycles. The maximum absolute atomic E-state index is 5.40. The first-order valence-corrected chi connectivity index (χ1v) is 29.7. The SMILES string of the molecule is c1ccc(-c2cc(-c3cc(-n4c5ccccc5c5ccccc54)cc(-n4c5ccccc5c5cc(-c6cccc(-c7cc(-c8ccc(-n9c%10ccccc%10c%10ccccc%109)cc8)cc(-c8ccccc8)n7)c6)ccc54)c3)cc(-c3ccccc3)n2)cc1. The van der Waals surface area contributed by atoms with Gasteiger partial charge in [-0.1, -0.05) is 218 Å². The van der Waals surface area contributed by atoms with Crippen molar-refractivity contribution in [2.45, 2.75) is 0 Å². The number of pyridine rings is 2. The third kappa shape index (κ3) is 8.63. The molecule has 0 atom stereocenters. The maximum atomic E-state index is 5.40. The lowest BCUT2D eigenvalue weighted by molar-refractivity contribution is 1.13. The average molecular weight is 1110 g/mol. The normalized spacial score (nSPS) is 11.7. The standard InChI is InChI=1S/C82H53N5/c1-4-21-55(22-5-1)73-49-62(54-39-42-64(43-40-54)85-77-34-15-10-29-67(77)68-30-11-16-35-78(68)85)50-76(84-73)60-28-20-27-58(45-60)59-41-44-82-72(48-59)71-33-14-19-38-81(71)87(82)66-47-61(46-65(53-66)86-79-36-17-12-31-69(79)70-32-13-18-37-80(70)86)63-51-74(56-23-6-2-7-24-56)83-75(52-63)57-25-8-3-9-26-57/h1-53H. The lowest BCUT2D eigenvalue weighted by Gasteiger charge is -2.17. The molecule has 5 heteroatoms. The molecule has 87 heavy (non-hydrogen) atoms. The summed E-state index contributed by atoms with van der Waals surface area (Å²) in [5.41, 5.74) is 24.8. The Morgan fingerprint density at radius 2 is 0.471 bits per heavy atom. The van der Waals surface area contributed by atoms with Gasteiger partial charge in [-0.15, -0.1) is 0 Å². The second kappa shape index (κ2) is 20.6. The number of hydrogen-bond donors (Lipinski definition) is 0. The van der Waals surface area contributed by atoms with E-state index in [1.165, 1.54) is 43.4 Å². The van der Waals surface area contributed by atoms with Gasteiger partial charge in [0.25, 0.3) is 0 Å². The van der Waals surface area contributed by atoms with Crippen LogP contribution in [0, 0.1) is 0 Å². The Morgan fingerprint density at radius 1 is 0.161 bits per heavy atom. The van der Waals surface area contributed by atoms with Gasteiger partial charge in [0.15, 0.2) is 0 Å². The summed E-state index contributed by atoms with van der Waals surface area (Å²) in [6, 6.07) is 116. The Kier molecular flexibility index (Phi) is 11.8. The molecule has 0 unspecified atom stereocenters. The fourth-order valence-electron chi connectivity index (χ4n) is 13.3. The average Bonchev–Trinajstić information content (AvgIpc) is 1.81. The van der Waals surface area contributed by atoms with E-state index in [4.69, 9.17) is 9.97 Å². The molecule has 0 saturated carbocycles. The molecule has 5 aromatic heterocycles. The zero-order valence-electron chi connectivity index (χ0n) is 47.3. The van der Waals surface area contributed by atoms with Crippen molar-refractivity contribution in [3.8, 4) is 95.5 Å². The molecular weight excluding hydrogens is 1050 g/mol. The van der Waals surface area contributed by atoms with Crippen molar-refractivity contribution in [3.63, 3.8) is 0 Å². The quantitative estimate of drug-likeness (QED) is 0.137. The van der Waals surface area contributed by atoms with Crippen LogP contribution in [-0.4, -0.2) is 23.7 Å². The van der Waals surface area contributed by atoms with Crippen molar-refractivity contribution in [1.82, 2.24) is 23.7 Å². The lowest BCUT2D eigenvalue weighted by atomic mass is 9.97. The molecule has 0 bridgehead atoms. The summed E-state index contributed by atoms with van der Waals surface area (Å²) in [5, 5.41) is 7.30. The van der Waals surface area contributed by atoms with Gasteiger partial charge >= 0.3 is 0 Å². The summed E-state index contributed by atoms with van der Waals surface area (Å²) in [7, 11) is 0. The van der Waals surface area contributed by atoms with Crippen molar-refractivity contribution in [1.29, 1.82) is 0 Å². The highest BCUT2D eigenvalue weighted by Gasteiger charge is 2.21. The number of rotatable bonds is 10. The highest BCUT2D eigenvalue weighted by atomic mass is 15.0. The Labute approximate surface area is 503 Å². The van der Waals surface area contributed by atoms with Crippen LogP contribution >= 0.6 is 0 Å². The third-order valence-electron chi connectivity index (χ3n) is 17.4. The van der Waals surface area contributed by atoms with Crippen molar-refractivity contribution in [2.75, 3.05) is 0 Å². The van der Waals surface area contributed by atoms with E-state index in [0.29, 0.717) is 0 Å². The molecule has 0 radical (unpaired) electrons. The van der Waals surface area contributed by atoms with Crippen LogP contribution in [-0.2, 0) is 0 Å². The predicted molar refractivity (Wildman–Crippen MR) is 363 cm³/mol. The molecule has 0 fully saturated rings. The van der Waals surface area contributed by atoms with Gasteiger partial charge in [0.2, 0.25) is 0 Å². The minimum Gasteiger partial charge on any atom is -0.309 e. The molecule has 17 rings (SSSR count).